The first-order valence-electron chi connectivity index (χ1n) is 4.39. The molecule has 0 spiro atoms. The molecule has 0 aliphatic heterocycles. The van der Waals surface area contributed by atoms with Crippen molar-refractivity contribution < 1.29 is 4.74 Å². The molecule has 0 saturated carbocycles. The van der Waals surface area contributed by atoms with Crippen LogP contribution in [-0.2, 0) is 0 Å². The van der Waals surface area contributed by atoms with Gasteiger partial charge in [-0.3, -0.25) is 0 Å². The van der Waals surface area contributed by atoms with E-state index in [1.807, 2.05) is 6.07 Å². The molecule has 82 valence electrons. The number of methoxy groups -OCH3 is 1. The van der Waals surface area contributed by atoms with Crippen LogP contribution in [0.5, 0.6) is 5.88 Å². The molecule has 0 aliphatic rings. The van der Waals surface area contributed by atoms with Crippen molar-refractivity contribution in [3.63, 3.8) is 0 Å². The minimum absolute atomic E-state index is 0.376. The third kappa shape index (κ3) is 2.31. The second-order valence-electron chi connectivity index (χ2n) is 2.92. The smallest absolute Gasteiger partial charge is 0.212 e. The second-order valence-corrected chi connectivity index (χ2v) is 4.13. The van der Waals surface area contributed by atoms with Gasteiger partial charge in [-0.2, -0.15) is 0 Å². The number of halogens is 2. The fraction of sp³-hybridized carbons (Fsp3) is 0.100. The summed E-state index contributed by atoms with van der Waals surface area (Å²) in [7, 11) is 1.56. The van der Waals surface area contributed by atoms with E-state index in [1.165, 1.54) is 0 Å². The van der Waals surface area contributed by atoms with Gasteiger partial charge in [-0.15, -0.1) is 0 Å². The maximum Gasteiger partial charge on any atom is 0.212 e. The Kier molecular flexibility index (Phi) is 3.36. The van der Waals surface area contributed by atoms with Gasteiger partial charge in [0, 0.05) is 24.0 Å². The highest BCUT2D eigenvalue weighted by Crippen LogP contribution is 2.23. The van der Waals surface area contributed by atoms with E-state index in [0.717, 1.165) is 5.56 Å². The van der Waals surface area contributed by atoms with Crippen LogP contribution in [0.4, 0.5) is 0 Å². The second kappa shape index (κ2) is 4.76. The van der Waals surface area contributed by atoms with Crippen LogP contribution < -0.4 is 4.74 Å². The normalized spacial score (nSPS) is 10.2. The average Bonchev–Trinajstić information content (AvgIpc) is 2.33. The molecule has 2 rings (SSSR count). The maximum absolute atomic E-state index is 5.88. The number of ether oxygens (including phenoxy) is 1. The number of hydrogen-bond acceptors (Lipinski definition) is 4. The van der Waals surface area contributed by atoms with Gasteiger partial charge in [0.05, 0.1) is 11.6 Å². The van der Waals surface area contributed by atoms with E-state index in [4.69, 9.17) is 16.3 Å². The number of hydrogen-bond donors (Lipinski definition) is 0. The minimum atomic E-state index is 0.376. The predicted octanol–water partition coefficient (Wildman–Crippen LogP) is 2.96. The van der Waals surface area contributed by atoms with Crippen LogP contribution in [0.3, 0.4) is 0 Å². The quantitative estimate of drug-likeness (QED) is 0.800. The lowest BCUT2D eigenvalue weighted by molar-refractivity contribution is 0.398. The summed E-state index contributed by atoms with van der Waals surface area (Å²) in [5.41, 5.74) is 0.787. The first kappa shape index (κ1) is 11.3. The standard InChI is InChI=1S/C10H7BrClN3O/c1-16-8-3-2-6(4-13-8)10-14-5-7(11)9(12)15-10/h2-5H,1H3. The van der Waals surface area contributed by atoms with Crippen molar-refractivity contribution in [1.29, 1.82) is 0 Å². The number of pyridine rings is 1. The van der Waals surface area contributed by atoms with Gasteiger partial charge < -0.3 is 4.74 Å². The lowest BCUT2D eigenvalue weighted by Gasteiger charge is -2.02. The Balaban J connectivity index is 2.38. The first-order chi connectivity index (χ1) is 7.70. The minimum Gasteiger partial charge on any atom is -0.481 e. The van der Waals surface area contributed by atoms with Crippen LogP contribution in [0, 0.1) is 0 Å². The zero-order valence-electron chi connectivity index (χ0n) is 8.32. The van der Waals surface area contributed by atoms with E-state index in [2.05, 4.69) is 30.9 Å². The van der Waals surface area contributed by atoms with E-state index in [0.29, 0.717) is 21.3 Å². The van der Waals surface area contributed by atoms with Crippen LogP contribution in [0.15, 0.2) is 29.0 Å². The molecule has 4 nitrogen and oxygen atoms in total. The molecule has 0 radical (unpaired) electrons. The molecule has 0 amide bonds. The highest BCUT2D eigenvalue weighted by atomic mass is 79.9. The predicted molar refractivity (Wildman–Crippen MR) is 64.5 cm³/mol. The van der Waals surface area contributed by atoms with E-state index < -0.39 is 0 Å². The van der Waals surface area contributed by atoms with Gasteiger partial charge in [-0.25, -0.2) is 15.0 Å². The summed E-state index contributed by atoms with van der Waals surface area (Å²) in [6, 6.07) is 3.57. The Morgan fingerprint density at radius 2 is 2.06 bits per heavy atom. The number of aromatic nitrogens is 3. The number of rotatable bonds is 2. The molecule has 0 aromatic carbocycles. The van der Waals surface area contributed by atoms with Gasteiger partial charge >= 0.3 is 0 Å². The molecule has 0 N–H and O–H groups in total. The lowest BCUT2D eigenvalue weighted by Crippen LogP contribution is -1.92. The van der Waals surface area contributed by atoms with Crippen LogP contribution in [0.25, 0.3) is 11.4 Å². The summed E-state index contributed by atoms with van der Waals surface area (Å²) in [5.74, 6) is 1.08. The van der Waals surface area contributed by atoms with Crippen molar-refractivity contribution in [1.82, 2.24) is 15.0 Å². The Labute approximate surface area is 106 Å². The fourth-order valence-electron chi connectivity index (χ4n) is 1.12. The van der Waals surface area contributed by atoms with Crippen molar-refractivity contribution in [2.24, 2.45) is 0 Å². The molecule has 0 unspecified atom stereocenters. The highest BCUT2D eigenvalue weighted by Gasteiger charge is 2.05. The number of nitrogens with zero attached hydrogens (tertiary/aromatic N) is 3. The molecular formula is C10H7BrClN3O. The Morgan fingerprint density at radius 3 is 2.62 bits per heavy atom. The van der Waals surface area contributed by atoms with Crippen LogP contribution >= 0.6 is 27.5 Å². The molecular weight excluding hydrogens is 293 g/mol. The summed E-state index contributed by atoms with van der Waals surface area (Å²) in [4.78, 5) is 12.3. The van der Waals surface area contributed by atoms with Crippen molar-refractivity contribution in [2.45, 2.75) is 0 Å². The molecule has 16 heavy (non-hydrogen) atoms. The highest BCUT2D eigenvalue weighted by molar-refractivity contribution is 9.10. The third-order valence-electron chi connectivity index (χ3n) is 1.90. The molecule has 2 aromatic heterocycles. The summed E-state index contributed by atoms with van der Waals surface area (Å²) in [5, 5.41) is 0.376. The van der Waals surface area contributed by atoms with E-state index in [-0.39, 0.29) is 0 Å². The van der Waals surface area contributed by atoms with Gasteiger partial charge in [0.2, 0.25) is 5.88 Å². The molecule has 2 aromatic rings. The zero-order chi connectivity index (χ0) is 11.5. The summed E-state index contributed by atoms with van der Waals surface area (Å²) < 4.78 is 5.63. The third-order valence-corrected chi connectivity index (χ3v) is 3.00. The SMILES string of the molecule is COc1ccc(-c2ncc(Br)c(Cl)n2)cn1. The van der Waals surface area contributed by atoms with Gasteiger partial charge in [-0.1, -0.05) is 11.6 Å². The maximum atomic E-state index is 5.88. The van der Waals surface area contributed by atoms with Crippen LogP contribution in [-0.4, -0.2) is 22.1 Å². The molecule has 0 atom stereocenters. The van der Waals surface area contributed by atoms with Crippen molar-refractivity contribution in [2.75, 3.05) is 7.11 Å². The molecule has 6 heteroatoms. The van der Waals surface area contributed by atoms with E-state index >= 15 is 0 Å². The largest absolute Gasteiger partial charge is 0.481 e. The van der Waals surface area contributed by atoms with E-state index in [9.17, 15) is 0 Å². The zero-order valence-corrected chi connectivity index (χ0v) is 10.7. The summed E-state index contributed by atoms with van der Waals surface area (Å²) in [6.45, 7) is 0. The van der Waals surface area contributed by atoms with Crippen LogP contribution in [0.1, 0.15) is 0 Å². The molecule has 0 bridgehead atoms. The van der Waals surface area contributed by atoms with Gasteiger partial charge in [0.1, 0.15) is 5.15 Å². The van der Waals surface area contributed by atoms with Crippen molar-refractivity contribution in [3.05, 3.63) is 34.2 Å². The average molecular weight is 301 g/mol. The molecule has 0 saturated heterocycles. The fourth-order valence-corrected chi connectivity index (χ4v) is 1.44. The topological polar surface area (TPSA) is 47.9 Å². The monoisotopic (exact) mass is 299 g/mol. The van der Waals surface area contributed by atoms with Crippen molar-refractivity contribution in [3.8, 4) is 17.3 Å². The van der Waals surface area contributed by atoms with Crippen LogP contribution in [0.2, 0.25) is 5.15 Å². The Hall–Kier alpha value is -1.20. The van der Waals surface area contributed by atoms with Gasteiger partial charge in [0.25, 0.3) is 0 Å². The summed E-state index contributed by atoms with van der Waals surface area (Å²) >= 11 is 9.11. The first-order valence-corrected chi connectivity index (χ1v) is 5.56. The molecule has 2 heterocycles. The van der Waals surface area contributed by atoms with Gasteiger partial charge in [0.15, 0.2) is 5.82 Å². The molecule has 0 fully saturated rings. The van der Waals surface area contributed by atoms with Gasteiger partial charge in [-0.05, 0) is 22.0 Å². The Morgan fingerprint density at radius 1 is 1.25 bits per heavy atom. The summed E-state index contributed by atoms with van der Waals surface area (Å²) in [6.07, 6.45) is 3.24. The lowest BCUT2D eigenvalue weighted by atomic mass is 10.2. The molecule has 0 aliphatic carbocycles. The van der Waals surface area contributed by atoms with E-state index in [1.54, 1.807) is 25.6 Å². The van der Waals surface area contributed by atoms with Crippen molar-refractivity contribution >= 4 is 27.5 Å². The Bertz CT molecular complexity index is 504.